The Morgan fingerprint density at radius 1 is 1.11 bits per heavy atom. The van der Waals surface area contributed by atoms with Crippen LogP contribution in [0.15, 0.2) is 12.1 Å². The molecule has 1 aromatic carbocycles. The molecule has 1 aromatic rings. The number of nitrogens with zero attached hydrogens (tertiary/aromatic N) is 4. The maximum atomic E-state index is 11.7. The third-order valence-electron chi connectivity index (χ3n) is 5.43. The standard InChI is InChI=1S/C19H26N4O4/c1-18(24)5-3-7-21(12-18)15-9-14(11-20)17(23(26)27)16(10-15)22-8-4-6-19(2,25)13-22/h9-10,24-25H,3-8,12-13H2,1-2H3. The van der Waals surface area contributed by atoms with Gasteiger partial charge in [-0.15, -0.1) is 0 Å². The summed E-state index contributed by atoms with van der Waals surface area (Å²) < 4.78 is 0. The lowest BCUT2D eigenvalue weighted by molar-refractivity contribution is -0.384. The van der Waals surface area contributed by atoms with Crippen molar-refractivity contribution in [1.82, 2.24) is 0 Å². The Kier molecular flexibility index (Phi) is 5.02. The maximum absolute atomic E-state index is 11.7. The predicted octanol–water partition coefficient (Wildman–Crippen LogP) is 2.17. The first-order valence-corrected chi connectivity index (χ1v) is 9.29. The summed E-state index contributed by atoms with van der Waals surface area (Å²) in [5.41, 5.74) is -0.923. The molecule has 0 radical (unpaired) electrons. The van der Waals surface area contributed by atoms with Crippen molar-refractivity contribution in [3.05, 3.63) is 27.8 Å². The van der Waals surface area contributed by atoms with Crippen LogP contribution in [0, 0.1) is 21.4 Å². The molecule has 146 valence electrons. The average molecular weight is 374 g/mol. The number of rotatable bonds is 3. The minimum absolute atomic E-state index is 0.00272. The van der Waals surface area contributed by atoms with Gasteiger partial charge in [-0.1, -0.05) is 0 Å². The molecule has 27 heavy (non-hydrogen) atoms. The summed E-state index contributed by atoms with van der Waals surface area (Å²) in [6.45, 7) is 5.49. The Bertz CT molecular complexity index is 785. The number of nitro benzene ring substituents is 1. The minimum Gasteiger partial charge on any atom is -0.388 e. The number of nitro groups is 1. The van der Waals surface area contributed by atoms with Crippen molar-refractivity contribution >= 4 is 17.1 Å². The molecule has 2 aliphatic heterocycles. The Morgan fingerprint density at radius 2 is 1.67 bits per heavy atom. The second-order valence-corrected chi connectivity index (χ2v) is 8.27. The van der Waals surface area contributed by atoms with Crippen LogP contribution in [0.2, 0.25) is 0 Å². The first-order chi connectivity index (χ1) is 12.6. The van der Waals surface area contributed by atoms with Crippen LogP contribution >= 0.6 is 0 Å². The molecule has 0 saturated carbocycles. The SMILES string of the molecule is CC1(O)CCCN(c2cc(C#N)c([N+](=O)[O-])c(N3CCCC(C)(O)C3)c2)C1. The molecule has 2 atom stereocenters. The van der Waals surface area contributed by atoms with Crippen LogP contribution in [-0.2, 0) is 0 Å². The van der Waals surface area contributed by atoms with Crippen LogP contribution in [0.25, 0.3) is 0 Å². The molecule has 2 unspecified atom stereocenters. The molecular formula is C19H26N4O4. The van der Waals surface area contributed by atoms with Gasteiger partial charge >= 0.3 is 5.69 Å². The van der Waals surface area contributed by atoms with E-state index in [0.717, 1.165) is 13.0 Å². The zero-order valence-electron chi connectivity index (χ0n) is 15.8. The number of β-amino-alcohol motifs (C(OH)–C–C–N with tert-alkyl or cyclic N) is 2. The first kappa shape index (κ1) is 19.4. The molecule has 0 amide bonds. The fraction of sp³-hybridized carbons (Fsp3) is 0.632. The van der Waals surface area contributed by atoms with Gasteiger partial charge in [0.15, 0.2) is 0 Å². The van der Waals surface area contributed by atoms with E-state index in [2.05, 4.69) is 0 Å². The number of hydrogen-bond acceptors (Lipinski definition) is 7. The highest BCUT2D eigenvalue weighted by Gasteiger charge is 2.35. The van der Waals surface area contributed by atoms with Crippen LogP contribution in [0.1, 0.15) is 45.1 Å². The lowest BCUT2D eigenvalue weighted by Gasteiger charge is -2.40. The van der Waals surface area contributed by atoms with Crippen molar-refractivity contribution in [2.75, 3.05) is 36.0 Å². The van der Waals surface area contributed by atoms with Gasteiger partial charge in [-0.2, -0.15) is 5.26 Å². The highest BCUT2D eigenvalue weighted by Crippen LogP contribution is 2.39. The molecular weight excluding hydrogens is 348 g/mol. The van der Waals surface area contributed by atoms with Crippen molar-refractivity contribution in [1.29, 1.82) is 5.26 Å². The second kappa shape index (κ2) is 6.98. The predicted molar refractivity (Wildman–Crippen MR) is 102 cm³/mol. The van der Waals surface area contributed by atoms with Crippen LogP contribution in [0.4, 0.5) is 17.1 Å². The van der Waals surface area contributed by atoms with Crippen molar-refractivity contribution in [3.8, 4) is 6.07 Å². The molecule has 0 aromatic heterocycles. The molecule has 2 saturated heterocycles. The molecule has 0 aliphatic carbocycles. The summed E-state index contributed by atoms with van der Waals surface area (Å²) in [5, 5.41) is 42.1. The minimum atomic E-state index is -0.927. The Hall–Kier alpha value is -2.37. The van der Waals surface area contributed by atoms with E-state index in [-0.39, 0.29) is 17.8 Å². The molecule has 0 spiro atoms. The van der Waals surface area contributed by atoms with Crippen LogP contribution in [0.3, 0.4) is 0 Å². The van der Waals surface area contributed by atoms with Gasteiger partial charge in [-0.25, -0.2) is 0 Å². The zero-order valence-corrected chi connectivity index (χ0v) is 15.8. The highest BCUT2D eigenvalue weighted by molar-refractivity contribution is 5.76. The van der Waals surface area contributed by atoms with Crippen LogP contribution in [0.5, 0.6) is 0 Å². The summed E-state index contributed by atoms with van der Waals surface area (Å²) >= 11 is 0. The lowest BCUT2D eigenvalue weighted by atomic mass is 9.93. The van der Waals surface area contributed by atoms with E-state index >= 15 is 0 Å². The van der Waals surface area contributed by atoms with Gasteiger partial charge in [0.1, 0.15) is 17.3 Å². The van der Waals surface area contributed by atoms with Crippen molar-refractivity contribution < 1.29 is 15.1 Å². The molecule has 0 bridgehead atoms. The fourth-order valence-corrected chi connectivity index (χ4v) is 4.17. The van der Waals surface area contributed by atoms with E-state index in [9.17, 15) is 25.6 Å². The van der Waals surface area contributed by atoms with E-state index in [1.807, 2.05) is 11.0 Å². The van der Waals surface area contributed by atoms with E-state index in [4.69, 9.17) is 0 Å². The zero-order chi connectivity index (χ0) is 19.8. The summed E-state index contributed by atoms with van der Waals surface area (Å²) in [7, 11) is 0. The van der Waals surface area contributed by atoms with Gasteiger partial charge in [0, 0.05) is 31.9 Å². The van der Waals surface area contributed by atoms with E-state index in [1.54, 1.807) is 24.8 Å². The van der Waals surface area contributed by atoms with Gasteiger partial charge in [0.25, 0.3) is 0 Å². The quantitative estimate of drug-likeness (QED) is 0.615. The Morgan fingerprint density at radius 3 is 2.19 bits per heavy atom. The molecule has 2 fully saturated rings. The molecule has 2 N–H and O–H groups in total. The van der Waals surface area contributed by atoms with Crippen molar-refractivity contribution in [2.45, 2.75) is 50.7 Å². The van der Waals surface area contributed by atoms with Gasteiger partial charge in [-0.3, -0.25) is 10.1 Å². The lowest BCUT2D eigenvalue weighted by Crippen LogP contribution is -2.47. The third kappa shape index (κ3) is 4.15. The van der Waals surface area contributed by atoms with Gasteiger partial charge in [-0.05, 0) is 51.7 Å². The summed E-state index contributed by atoms with van der Waals surface area (Å²) in [6.07, 6.45) is 2.86. The van der Waals surface area contributed by atoms with Crippen LogP contribution in [-0.4, -0.2) is 52.5 Å². The third-order valence-corrected chi connectivity index (χ3v) is 5.43. The number of aliphatic hydroxyl groups is 2. The second-order valence-electron chi connectivity index (χ2n) is 8.27. The number of piperidine rings is 2. The smallest absolute Gasteiger partial charge is 0.310 e. The van der Waals surface area contributed by atoms with Crippen molar-refractivity contribution in [3.63, 3.8) is 0 Å². The average Bonchev–Trinajstić information content (AvgIpc) is 2.58. The molecule has 2 heterocycles. The van der Waals surface area contributed by atoms with Gasteiger partial charge in [0.2, 0.25) is 0 Å². The Labute approximate surface area is 158 Å². The maximum Gasteiger partial charge on any atom is 0.310 e. The number of hydrogen-bond donors (Lipinski definition) is 2. The highest BCUT2D eigenvalue weighted by atomic mass is 16.6. The van der Waals surface area contributed by atoms with E-state index < -0.39 is 16.1 Å². The summed E-state index contributed by atoms with van der Waals surface area (Å²) in [6, 6.07) is 5.21. The summed E-state index contributed by atoms with van der Waals surface area (Å²) in [5.74, 6) is 0. The number of anilines is 2. The molecule has 8 nitrogen and oxygen atoms in total. The number of nitriles is 1. The van der Waals surface area contributed by atoms with Gasteiger partial charge < -0.3 is 20.0 Å². The molecule has 3 rings (SSSR count). The normalized spacial score (nSPS) is 28.7. The van der Waals surface area contributed by atoms with E-state index in [0.29, 0.717) is 43.7 Å². The topological polar surface area (TPSA) is 114 Å². The van der Waals surface area contributed by atoms with E-state index in [1.165, 1.54) is 6.07 Å². The fourth-order valence-electron chi connectivity index (χ4n) is 4.17. The number of benzene rings is 1. The largest absolute Gasteiger partial charge is 0.388 e. The molecule has 2 aliphatic rings. The van der Waals surface area contributed by atoms with Crippen molar-refractivity contribution in [2.24, 2.45) is 0 Å². The Balaban J connectivity index is 2.07. The van der Waals surface area contributed by atoms with Gasteiger partial charge in [0.05, 0.1) is 16.1 Å². The van der Waals surface area contributed by atoms with Crippen LogP contribution < -0.4 is 9.80 Å². The first-order valence-electron chi connectivity index (χ1n) is 9.29. The monoisotopic (exact) mass is 374 g/mol. The summed E-state index contributed by atoms with van der Waals surface area (Å²) in [4.78, 5) is 15.0. The molecule has 8 heteroatoms.